The van der Waals surface area contributed by atoms with Crippen LogP contribution in [0.5, 0.6) is 0 Å². The maximum atomic E-state index is 12.7. The fourth-order valence-electron chi connectivity index (χ4n) is 3.24. The smallest absolute Gasteiger partial charge is 0.326 e. The number of hydrogen-bond acceptors (Lipinski definition) is 6. The zero-order valence-corrected chi connectivity index (χ0v) is 15.4. The topological polar surface area (TPSA) is 87.2 Å². The molecule has 7 nitrogen and oxygen atoms in total. The van der Waals surface area contributed by atoms with Crippen LogP contribution in [0.15, 0.2) is 57.8 Å². The number of fused-ring (bicyclic) bond motifs is 2. The second-order valence-electron chi connectivity index (χ2n) is 6.46. The van der Waals surface area contributed by atoms with Gasteiger partial charge in [-0.05, 0) is 30.7 Å². The van der Waals surface area contributed by atoms with Crippen LogP contribution in [-0.2, 0) is 29.1 Å². The number of pyridine rings is 1. The van der Waals surface area contributed by atoms with Crippen LogP contribution in [0.1, 0.15) is 25.1 Å². The summed E-state index contributed by atoms with van der Waals surface area (Å²) in [6, 6.07) is 14.5. The first-order chi connectivity index (χ1) is 13.7. The van der Waals surface area contributed by atoms with Crippen molar-refractivity contribution in [2.24, 2.45) is 0 Å². The third-order valence-corrected chi connectivity index (χ3v) is 4.51. The number of hydrogen-bond donors (Lipinski definition) is 0. The Morgan fingerprint density at radius 3 is 2.36 bits per heavy atom. The van der Waals surface area contributed by atoms with Crippen molar-refractivity contribution in [1.29, 1.82) is 0 Å². The summed E-state index contributed by atoms with van der Waals surface area (Å²) in [6.07, 6.45) is 1.62. The highest BCUT2D eigenvalue weighted by Gasteiger charge is 2.15. The summed E-state index contributed by atoms with van der Waals surface area (Å²) in [5.74, 6) is 0.423. The third kappa shape index (κ3) is 3.38. The summed E-state index contributed by atoms with van der Waals surface area (Å²) >= 11 is 0. The number of para-hydroxylation sites is 2. The van der Waals surface area contributed by atoms with Crippen LogP contribution < -0.4 is 5.43 Å². The zero-order valence-electron chi connectivity index (χ0n) is 15.4. The molecule has 0 radical (unpaired) electrons. The summed E-state index contributed by atoms with van der Waals surface area (Å²) in [7, 11) is 0. The Hall–Kier alpha value is -3.48. The van der Waals surface area contributed by atoms with Crippen LogP contribution in [0, 0.1) is 0 Å². The van der Waals surface area contributed by atoms with Crippen molar-refractivity contribution in [1.82, 2.24) is 14.7 Å². The van der Waals surface area contributed by atoms with Gasteiger partial charge in [-0.15, -0.1) is 0 Å². The van der Waals surface area contributed by atoms with E-state index in [9.17, 15) is 9.59 Å². The number of aryl methyl sites for hydroxylation is 1. The van der Waals surface area contributed by atoms with E-state index >= 15 is 0 Å². The lowest BCUT2D eigenvalue weighted by Gasteiger charge is -2.14. The quantitative estimate of drug-likeness (QED) is 0.379. The number of ether oxygens (including phenoxy) is 1. The van der Waals surface area contributed by atoms with Crippen LogP contribution in [0.25, 0.3) is 21.8 Å². The summed E-state index contributed by atoms with van der Waals surface area (Å²) < 4.78 is 12.2. The van der Waals surface area contributed by atoms with Gasteiger partial charge in [-0.2, -0.15) is 4.98 Å². The van der Waals surface area contributed by atoms with E-state index in [1.165, 1.54) is 0 Å². The summed E-state index contributed by atoms with van der Waals surface area (Å²) in [5.41, 5.74) is 1.32. The fourth-order valence-corrected chi connectivity index (χ4v) is 3.24. The molecule has 0 fully saturated rings. The number of esters is 1. The Bertz CT molecular complexity index is 1150. The third-order valence-electron chi connectivity index (χ3n) is 4.51. The van der Waals surface area contributed by atoms with Crippen molar-refractivity contribution in [3.63, 3.8) is 0 Å². The van der Waals surface area contributed by atoms with Gasteiger partial charge in [0, 0.05) is 17.2 Å². The van der Waals surface area contributed by atoms with Crippen molar-refractivity contribution in [2.75, 3.05) is 0 Å². The molecule has 0 bridgehead atoms. The fraction of sp³-hybridized carbons (Fsp3) is 0.238. The average molecular weight is 377 g/mol. The first-order valence-corrected chi connectivity index (χ1v) is 9.14. The minimum atomic E-state index is -0.450. The molecule has 0 unspecified atom stereocenters. The lowest BCUT2D eigenvalue weighted by molar-refractivity contribution is -0.146. The Morgan fingerprint density at radius 1 is 1.07 bits per heavy atom. The predicted octanol–water partition coefficient (Wildman–Crippen LogP) is 3.23. The Kier molecular flexibility index (Phi) is 4.89. The number of aromatic nitrogens is 3. The van der Waals surface area contributed by atoms with Crippen LogP contribution in [-0.4, -0.2) is 20.7 Å². The molecular weight excluding hydrogens is 358 g/mol. The van der Waals surface area contributed by atoms with Crippen LogP contribution in [0.3, 0.4) is 0 Å². The van der Waals surface area contributed by atoms with Gasteiger partial charge < -0.3 is 13.8 Å². The van der Waals surface area contributed by atoms with Gasteiger partial charge >= 0.3 is 5.97 Å². The van der Waals surface area contributed by atoms with Gasteiger partial charge in [0.2, 0.25) is 0 Å². The molecule has 4 aromatic rings. The standard InChI is InChI=1S/C21H19N3O4/c1-2-7-18-22-19(28-23-18)13-27-20(25)12-24-16-10-5-3-8-14(16)21(26)15-9-4-6-11-17(15)24/h3-6,8-11H,2,7,12-13H2,1H3. The van der Waals surface area contributed by atoms with E-state index in [1.54, 1.807) is 16.7 Å². The van der Waals surface area contributed by atoms with E-state index in [4.69, 9.17) is 9.26 Å². The Labute approximate surface area is 160 Å². The summed E-state index contributed by atoms with van der Waals surface area (Å²) in [6.45, 7) is 1.91. The molecule has 0 saturated heterocycles. The largest absolute Gasteiger partial charge is 0.454 e. The molecule has 0 atom stereocenters. The van der Waals surface area contributed by atoms with Gasteiger partial charge in [0.05, 0.1) is 11.0 Å². The highest BCUT2D eigenvalue weighted by molar-refractivity contribution is 5.94. The van der Waals surface area contributed by atoms with Crippen molar-refractivity contribution in [3.8, 4) is 0 Å². The van der Waals surface area contributed by atoms with Gasteiger partial charge in [-0.1, -0.05) is 36.3 Å². The molecule has 0 aliphatic rings. The van der Waals surface area contributed by atoms with E-state index in [2.05, 4.69) is 10.1 Å². The normalized spacial score (nSPS) is 11.2. The molecule has 0 spiro atoms. The maximum absolute atomic E-state index is 12.7. The Morgan fingerprint density at radius 2 is 1.71 bits per heavy atom. The van der Waals surface area contributed by atoms with Crippen molar-refractivity contribution in [2.45, 2.75) is 32.9 Å². The predicted molar refractivity (Wildman–Crippen MR) is 104 cm³/mol. The molecule has 28 heavy (non-hydrogen) atoms. The summed E-state index contributed by atoms with van der Waals surface area (Å²) in [5, 5.41) is 4.97. The lowest BCUT2D eigenvalue weighted by atomic mass is 10.1. The van der Waals surface area contributed by atoms with Crippen molar-refractivity contribution < 1.29 is 14.1 Å². The van der Waals surface area contributed by atoms with E-state index in [0.717, 1.165) is 6.42 Å². The molecule has 2 heterocycles. The second-order valence-corrected chi connectivity index (χ2v) is 6.46. The number of benzene rings is 2. The van der Waals surface area contributed by atoms with Crippen LogP contribution >= 0.6 is 0 Å². The van der Waals surface area contributed by atoms with Crippen molar-refractivity contribution in [3.05, 3.63) is 70.5 Å². The minimum absolute atomic E-state index is 0.0305. The second kappa shape index (κ2) is 7.64. The van der Waals surface area contributed by atoms with Gasteiger partial charge in [0.15, 0.2) is 17.9 Å². The molecule has 0 aliphatic heterocycles. The molecule has 4 rings (SSSR count). The number of carbonyl (C=O) groups is 1. The van der Waals surface area contributed by atoms with E-state index in [-0.39, 0.29) is 24.5 Å². The van der Waals surface area contributed by atoms with E-state index < -0.39 is 5.97 Å². The summed E-state index contributed by atoms with van der Waals surface area (Å²) in [4.78, 5) is 29.4. The minimum Gasteiger partial charge on any atom is -0.454 e. The van der Waals surface area contributed by atoms with Crippen LogP contribution in [0.2, 0.25) is 0 Å². The lowest BCUT2D eigenvalue weighted by Crippen LogP contribution is -2.18. The van der Waals surface area contributed by atoms with Crippen LogP contribution in [0.4, 0.5) is 0 Å². The average Bonchev–Trinajstić information content (AvgIpc) is 3.17. The molecule has 0 N–H and O–H groups in total. The monoisotopic (exact) mass is 377 g/mol. The molecule has 7 heteroatoms. The first-order valence-electron chi connectivity index (χ1n) is 9.14. The molecule has 142 valence electrons. The van der Waals surface area contributed by atoms with Gasteiger partial charge in [-0.3, -0.25) is 9.59 Å². The van der Waals surface area contributed by atoms with Gasteiger partial charge in [-0.25, -0.2) is 0 Å². The maximum Gasteiger partial charge on any atom is 0.326 e. The molecule has 0 aliphatic carbocycles. The first kappa shape index (κ1) is 17.9. The number of rotatable bonds is 6. The molecule has 2 aromatic carbocycles. The highest BCUT2D eigenvalue weighted by atomic mass is 16.6. The van der Waals surface area contributed by atoms with Gasteiger partial charge in [0.1, 0.15) is 6.54 Å². The van der Waals surface area contributed by atoms with Gasteiger partial charge in [0.25, 0.3) is 5.89 Å². The number of carbonyl (C=O) groups excluding carboxylic acids is 1. The molecule has 0 saturated carbocycles. The Balaban J connectivity index is 1.62. The van der Waals surface area contributed by atoms with E-state index in [1.807, 2.05) is 43.3 Å². The zero-order chi connectivity index (χ0) is 19.5. The van der Waals surface area contributed by atoms with E-state index in [0.29, 0.717) is 34.1 Å². The molecule has 0 amide bonds. The molecular formula is C21H19N3O4. The number of nitrogens with zero attached hydrogens (tertiary/aromatic N) is 3. The van der Waals surface area contributed by atoms with Crippen molar-refractivity contribution >= 4 is 27.8 Å². The highest BCUT2D eigenvalue weighted by Crippen LogP contribution is 2.19. The molecule has 2 aromatic heterocycles. The SMILES string of the molecule is CCCc1noc(COC(=O)Cn2c3ccccc3c(=O)c3ccccc32)n1.